The molecule has 1 aromatic carbocycles. The molecule has 0 unspecified atom stereocenters. The minimum Gasteiger partial charge on any atom is -0.355 e. The lowest BCUT2D eigenvalue weighted by Gasteiger charge is -2.30. The fraction of sp³-hybridized carbons (Fsp3) is 0.588. The molecule has 1 saturated carbocycles. The summed E-state index contributed by atoms with van der Waals surface area (Å²) in [6.45, 7) is 1.52. The highest BCUT2D eigenvalue weighted by Gasteiger charge is 2.35. The van der Waals surface area contributed by atoms with E-state index in [-0.39, 0.29) is 29.5 Å². The van der Waals surface area contributed by atoms with Gasteiger partial charge in [-0.1, -0.05) is 25.0 Å². The second-order valence-electron chi connectivity index (χ2n) is 5.98. The summed E-state index contributed by atoms with van der Waals surface area (Å²) in [7, 11) is 1.89. The van der Waals surface area contributed by atoms with Gasteiger partial charge in [-0.05, 0) is 50.6 Å². The molecule has 0 radical (unpaired) electrons. The van der Waals surface area contributed by atoms with Crippen LogP contribution in [0.25, 0.3) is 0 Å². The number of hydrogen-bond acceptors (Lipinski definition) is 2. The molecule has 1 amide bonds. The Bertz CT molecular complexity index is 458. The van der Waals surface area contributed by atoms with Crippen LogP contribution in [-0.2, 0) is 10.2 Å². The molecule has 22 heavy (non-hydrogen) atoms. The number of rotatable bonds is 7. The average Bonchev–Trinajstić information content (AvgIpc) is 2.96. The molecule has 0 aromatic heterocycles. The first-order valence-electron chi connectivity index (χ1n) is 7.84. The van der Waals surface area contributed by atoms with Gasteiger partial charge >= 0.3 is 0 Å². The third-order valence-corrected chi connectivity index (χ3v) is 4.47. The molecule has 3 nitrogen and oxygen atoms in total. The van der Waals surface area contributed by atoms with Gasteiger partial charge in [0.1, 0.15) is 5.82 Å². The van der Waals surface area contributed by atoms with Gasteiger partial charge in [0.2, 0.25) is 5.91 Å². The molecule has 5 heteroatoms. The van der Waals surface area contributed by atoms with E-state index < -0.39 is 0 Å². The highest BCUT2D eigenvalue weighted by atomic mass is 35.5. The van der Waals surface area contributed by atoms with Crippen molar-refractivity contribution in [2.24, 2.45) is 0 Å². The zero-order valence-corrected chi connectivity index (χ0v) is 14.0. The number of hydrogen-bond donors (Lipinski definition) is 2. The monoisotopic (exact) mass is 328 g/mol. The Morgan fingerprint density at radius 1 is 1.23 bits per heavy atom. The van der Waals surface area contributed by atoms with E-state index >= 15 is 0 Å². The maximum Gasteiger partial charge on any atom is 0.220 e. The maximum atomic E-state index is 13.1. The van der Waals surface area contributed by atoms with Crippen molar-refractivity contribution < 1.29 is 9.18 Å². The summed E-state index contributed by atoms with van der Waals surface area (Å²) in [6, 6.07) is 6.77. The normalized spacial score (nSPS) is 16.1. The van der Waals surface area contributed by atoms with Crippen molar-refractivity contribution in [1.29, 1.82) is 0 Å². The Kier molecular flexibility index (Phi) is 7.83. The second-order valence-corrected chi connectivity index (χ2v) is 5.98. The standard InChI is InChI=1S/C17H25FN2O.ClH/c1-19-12-4-5-16(21)20-13-17(10-2-3-11-17)14-6-8-15(18)9-7-14;/h6-9,19H,2-5,10-13H2,1H3,(H,20,21);1H. The number of nitrogens with one attached hydrogen (secondary N) is 2. The van der Waals surface area contributed by atoms with E-state index in [1.165, 1.54) is 25.0 Å². The lowest BCUT2D eigenvalue weighted by Crippen LogP contribution is -2.39. The van der Waals surface area contributed by atoms with Gasteiger partial charge in [-0.15, -0.1) is 12.4 Å². The quantitative estimate of drug-likeness (QED) is 0.755. The Morgan fingerprint density at radius 2 is 1.86 bits per heavy atom. The predicted molar refractivity (Wildman–Crippen MR) is 90.0 cm³/mol. The number of carbonyl (C=O) groups excluding carboxylic acids is 1. The van der Waals surface area contributed by atoms with Gasteiger partial charge in [0.05, 0.1) is 0 Å². The highest BCUT2D eigenvalue weighted by Crippen LogP contribution is 2.40. The molecular weight excluding hydrogens is 303 g/mol. The number of amides is 1. The average molecular weight is 329 g/mol. The van der Waals surface area contributed by atoms with Gasteiger partial charge in [-0.25, -0.2) is 4.39 Å². The molecule has 0 atom stereocenters. The van der Waals surface area contributed by atoms with Crippen LogP contribution in [-0.4, -0.2) is 26.0 Å². The van der Waals surface area contributed by atoms with Gasteiger partial charge in [0.15, 0.2) is 0 Å². The van der Waals surface area contributed by atoms with E-state index in [1.54, 1.807) is 0 Å². The zero-order chi connectivity index (χ0) is 15.1. The van der Waals surface area contributed by atoms with Crippen LogP contribution in [0.5, 0.6) is 0 Å². The van der Waals surface area contributed by atoms with Gasteiger partial charge in [-0.2, -0.15) is 0 Å². The Morgan fingerprint density at radius 3 is 2.45 bits per heavy atom. The third-order valence-electron chi connectivity index (χ3n) is 4.47. The summed E-state index contributed by atoms with van der Waals surface area (Å²) in [4.78, 5) is 11.9. The topological polar surface area (TPSA) is 41.1 Å². The minimum absolute atomic E-state index is 0. The molecular formula is C17H26ClFN2O. The SMILES string of the molecule is CNCCCC(=O)NCC1(c2ccc(F)cc2)CCCC1.Cl. The van der Waals surface area contributed by atoms with E-state index in [1.807, 2.05) is 19.2 Å². The van der Waals surface area contributed by atoms with Gasteiger partial charge in [-0.3, -0.25) is 4.79 Å². The Labute approximate surface area is 138 Å². The first-order valence-corrected chi connectivity index (χ1v) is 7.84. The van der Waals surface area contributed by atoms with Gasteiger partial charge < -0.3 is 10.6 Å². The van der Waals surface area contributed by atoms with E-state index in [9.17, 15) is 9.18 Å². The molecule has 1 aliphatic rings. The molecule has 2 N–H and O–H groups in total. The van der Waals surface area contributed by atoms with Crippen molar-refractivity contribution in [1.82, 2.24) is 10.6 Å². The van der Waals surface area contributed by atoms with Crippen LogP contribution in [0.3, 0.4) is 0 Å². The summed E-state index contributed by atoms with van der Waals surface area (Å²) in [5.41, 5.74) is 1.14. The zero-order valence-electron chi connectivity index (χ0n) is 13.2. The summed E-state index contributed by atoms with van der Waals surface area (Å²) >= 11 is 0. The van der Waals surface area contributed by atoms with Crippen molar-refractivity contribution in [2.75, 3.05) is 20.1 Å². The molecule has 0 saturated heterocycles. The predicted octanol–water partition coefficient (Wildman–Crippen LogP) is 3.18. The summed E-state index contributed by atoms with van der Waals surface area (Å²) < 4.78 is 13.1. The van der Waals surface area contributed by atoms with E-state index in [4.69, 9.17) is 0 Å². The fourth-order valence-corrected chi connectivity index (χ4v) is 3.20. The van der Waals surface area contributed by atoms with Crippen LogP contribution in [0.15, 0.2) is 24.3 Å². The molecule has 1 aliphatic carbocycles. The van der Waals surface area contributed by atoms with Crippen molar-refractivity contribution in [2.45, 2.75) is 43.9 Å². The number of benzene rings is 1. The van der Waals surface area contributed by atoms with Crippen molar-refractivity contribution in [3.05, 3.63) is 35.6 Å². The molecule has 2 rings (SSSR count). The molecule has 0 aliphatic heterocycles. The third kappa shape index (κ3) is 4.96. The smallest absolute Gasteiger partial charge is 0.220 e. The first-order chi connectivity index (χ1) is 10.2. The van der Waals surface area contributed by atoms with Crippen molar-refractivity contribution in [3.8, 4) is 0 Å². The van der Waals surface area contributed by atoms with Crippen LogP contribution >= 0.6 is 12.4 Å². The minimum atomic E-state index is -0.206. The van der Waals surface area contributed by atoms with Gasteiger partial charge in [0.25, 0.3) is 0 Å². The number of halogens is 2. The van der Waals surface area contributed by atoms with Crippen molar-refractivity contribution in [3.63, 3.8) is 0 Å². The molecule has 1 aromatic rings. The lowest BCUT2D eigenvalue weighted by molar-refractivity contribution is -0.121. The number of carbonyl (C=O) groups is 1. The van der Waals surface area contributed by atoms with Crippen LogP contribution in [0.4, 0.5) is 4.39 Å². The van der Waals surface area contributed by atoms with Gasteiger partial charge in [0, 0.05) is 18.4 Å². The lowest BCUT2D eigenvalue weighted by atomic mass is 9.79. The van der Waals surface area contributed by atoms with Crippen molar-refractivity contribution >= 4 is 18.3 Å². The molecule has 0 heterocycles. The summed E-state index contributed by atoms with van der Waals surface area (Å²) in [5, 5.41) is 6.12. The van der Waals surface area contributed by atoms with E-state index in [0.717, 1.165) is 31.4 Å². The molecule has 0 bridgehead atoms. The fourth-order valence-electron chi connectivity index (χ4n) is 3.20. The van der Waals surface area contributed by atoms with E-state index in [0.29, 0.717) is 13.0 Å². The van der Waals surface area contributed by atoms with Crippen LogP contribution in [0, 0.1) is 5.82 Å². The largest absolute Gasteiger partial charge is 0.355 e. The highest BCUT2D eigenvalue weighted by molar-refractivity contribution is 5.85. The van der Waals surface area contributed by atoms with Crippen LogP contribution in [0.2, 0.25) is 0 Å². The van der Waals surface area contributed by atoms with Crippen LogP contribution < -0.4 is 10.6 Å². The Balaban J connectivity index is 0.00000242. The molecule has 124 valence electrons. The second kappa shape index (κ2) is 9.11. The summed E-state index contributed by atoms with van der Waals surface area (Å²) in [6.07, 6.45) is 5.89. The summed E-state index contributed by atoms with van der Waals surface area (Å²) in [5.74, 6) is -0.0957. The first kappa shape index (κ1) is 18.9. The maximum absolute atomic E-state index is 13.1. The van der Waals surface area contributed by atoms with E-state index in [2.05, 4.69) is 10.6 Å². The molecule has 1 fully saturated rings. The molecule has 0 spiro atoms. The Hall–Kier alpha value is -1.13. The van der Waals surface area contributed by atoms with Crippen LogP contribution in [0.1, 0.15) is 44.1 Å².